The number of carbonyl (C=O) groups is 1. The lowest BCUT2D eigenvalue weighted by atomic mass is 10.1. The summed E-state index contributed by atoms with van der Waals surface area (Å²) in [6.45, 7) is 1.95. The topological polar surface area (TPSA) is 17.1 Å². The van der Waals surface area contributed by atoms with Crippen molar-refractivity contribution < 1.29 is 4.79 Å². The molecule has 1 rings (SSSR count). The summed E-state index contributed by atoms with van der Waals surface area (Å²) in [6.07, 6.45) is 0. The van der Waals surface area contributed by atoms with Crippen molar-refractivity contribution in [3.05, 3.63) is 31.3 Å². The Morgan fingerprint density at radius 2 is 2.23 bits per heavy atom. The van der Waals surface area contributed by atoms with Gasteiger partial charge in [-0.1, -0.05) is 15.9 Å². The van der Waals surface area contributed by atoms with E-state index in [4.69, 9.17) is 11.6 Å². The lowest BCUT2D eigenvalue weighted by Gasteiger charge is -2.04. The summed E-state index contributed by atoms with van der Waals surface area (Å²) in [5.41, 5.74) is 1.75. The van der Waals surface area contributed by atoms with E-state index in [2.05, 4.69) is 38.5 Å². The van der Waals surface area contributed by atoms with Gasteiger partial charge in [0.05, 0.1) is 5.88 Å². The highest BCUT2D eigenvalue weighted by atomic mass is 127. The molecule has 0 atom stereocenters. The van der Waals surface area contributed by atoms with Gasteiger partial charge >= 0.3 is 0 Å². The highest BCUT2D eigenvalue weighted by Crippen LogP contribution is 2.23. The van der Waals surface area contributed by atoms with E-state index >= 15 is 0 Å². The molecule has 0 aromatic heterocycles. The van der Waals surface area contributed by atoms with Crippen LogP contribution in [0.15, 0.2) is 16.6 Å². The Labute approximate surface area is 104 Å². The molecule has 0 heterocycles. The predicted molar refractivity (Wildman–Crippen MR) is 66.6 cm³/mol. The second-order valence-corrected chi connectivity index (χ2v) is 4.92. The molecule has 0 aliphatic rings. The zero-order valence-electron chi connectivity index (χ0n) is 6.90. The molecular formula is C9H7BrClIO. The van der Waals surface area contributed by atoms with Gasteiger partial charge in [-0.3, -0.25) is 4.79 Å². The van der Waals surface area contributed by atoms with Crippen LogP contribution in [0.5, 0.6) is 0 Å². The average Bonchev–Trinajstić information content (AvgIpc) is 2.10. The second-order valence-electron chi connectivity index (χ2n) is 2.64. The van der Waals surface area contributed by atoms with Crippen LogP contribution in [0.1, 0.15) is 15.9 Å². The minimum atomic E-state index is -0.0262. The summed E-state index contributed by atoms with van der Waals surface area (Å²) < 4.78 is 1.95. The van der Waals surface area contributed by atoms with Gasteiger partial charge in [-0.2, -0.15) is 0 Å². The van der Waals surface area contributed by atoms with Gasteiger partial charge in [0.2, 0.25) is 0 Å². The van der Waals surface area contributed by atoms with Crippen molar-refractivity contribution in [2.45, 2.75) is 6.92 Å². The number of alkyl halides is 1. The Morgan fingerprint density at radius 3 is 2.77 bits per heavy atom. The lowest BCUT2D eigenvalue weighted by molar-refractivity contribution is 0.102. The Bertz CT molecular complexity index is 352. The molecule has 0 saturated carbocycles. The molecule has 0 N–H and O–H groups in total. The molecule has 0 radical (unpaired) electrons. The third kappa shape index (κ3) is 2.67. The van der Waals surface area contributed by atoms with E-state index in [1.165, 1.54) is 0 Å². The van der Waals surface area contributed by atoms with E-state index in [-0.39, 0.29) is 11.7 Å². The molecule has 0 unspecified atom stereocenters. The van der Waals surface area contributed by atoms with Crippen molar-refractivity contribution in [2.24, 2.45) is 0 Å². The van der Waals surface area contributed by atoms with Gasteiger partial charge in [-0.25, -0.2) is 0 Å². The first-order chi connectivity index (χ1) is 6.06. The van der Waals surface area contributed by atoms with Crippen molar-refractivity contribution in [1.82, 2.24) is 0 Å². The van der Waals surface area contributed by atoms with Crippen LogP contribution >= 0.6 is 50.1 Å². The summed E-state index contributed by atoms with van der Waals surface area (Å²) in [5, 5.41) is 0. The number of carbonyl (C=O) groups excluding carboxylic acids is 1. The Balaban J connectivity index is 3.23. The quantitative estimate of drug-likeness (QED) is 0.438. The average molecular weight is 373 g/mol. The molecule has 1 nitrogen and oxygen atoms in total. The van der Waals surface area contributed by atoms with Crippen LogP contribution in [-0.2, 0) is 0 Å². The lowest BCUT2D eigenvalue weighted by Crippen LogP contribution is -2.03. The monoisotopic (exact) mass is 372 g/mol. The van der Waals surface area contributed by atoms with E-state index in [1.807, 2.05) is 19.1 Å². The zero-order valence-corrected chi connectivity index (χ0v) is 11.4. The first kappa shape index (κ1) is 11.5. The minimum absolute atomic E-state index is 0.0262. The molecule has 0 saturated heterocycles. The van der Waals surface area contributed by atoms with E-state index in [0.717, 1.165) is 13.6 Å². The first-order valence-corrected chi connectivity index (χ1v) is 6.01. The van der Waals surface area contributed by atoms with Gasteiger partial charge in [-0.05, 0) is 47.2 Å². The van der Waals surface area contributed by atoms with Crippen LogP contribution in [0.4, 0.5) is 0 Å². The Hall–Kier alpha value is 0.390. The van der Waals surface area contributed by atoms with Gasteiger partial charge < -0.3 is 0 Å². The van der Waals surface area contributed by atoms with Crippen LogP contribution in [0.3, 0.4) is 0 Å². The molecule has 0 aliphatic carbocycles. The van der Waals surface area contributed by atoms with E-state index < -0.39 is 0 Å². The number of rotatable bonds is 2. The third-order valence-corrected chi connectivity index (χ3v) is 3.66. The van der Waals surface area contributed by atoms with Gasteiger partial charge in [-0.15, -0.1) is 11.6 Å². The molecule has 0 bridgehead atoms. The molecule has 13 heavy (non-hydrogen) atoms. The summed E-state index contributed by atoms with van der Waals surface area (Å²) in [5.74, 6) is 0.0125. The minimum Gasteiger partial charge on any atom is -0.293 e. The smallest absolute Gasteiger partial charge is 0.178 e. The molecule has 0 fully saturated rings. The van der Waals surface area contributed by atoms with Crippen molar-refractivity contribution >= 4 is 55.9 Å². The number of Topliss-reactive ketones (excluding diaryl/α,β-unsaturated/α-hetero) is 1. The largest absolute Gasteiger partial charge is 0.293 e. The number of halogens is 3. The van der Waals surface area contributed by atoms with E-state index in [9.17, 15) is 4.79 Å². The molecule has 1 aromatic carbocycles. The normalized spacial score (nSPS) is 10.2. The fourth-order valence-corrected chi connectivity index (χ4v) is 2.63. The van der Waals surface area contributed by atoms with Crippen LogP contribution < -0.4 is 0 Å². The standard InChI is InChI=1S/C9H7BrClIO/c1-5-2-6(9(13)4-11)8(12)3-7(5)10/h2-3H,4H2,1H3. The number of ketones is 1. The maximum absolute atomic E-state index is 11.3. The first-order valence-electron chi connectivity index (χ1n) is 3.61. The molecule has 70 valence electrons. The fraction of sp³-hybridized carbons (Fsp3) is 0.222. The molecule has 0 amide bonds. The molecular weight excluding hydrogens is 366 g/mol. The molecule has 0 spiro atoms. The molecule has 0 aliphatic heterocycles. The van der Waals surface area contributed by atoms with Crippen LogP contribution in [0, 0.1) is 10.5 Å². The van der Waals surface area contributed by atoms with Crippen LogP contribution in [-0.4, -0.2) is 11.7 Å². The SMILES string of the molecule is Cc1cc(C(=O)CCl)c(I)cc1Br. The van der Waals surface area contributed by atoms with Gasteiger partial charge in [0, 0.05) is 13.6 Å². The number of benzene rings is 1. The fourth-order valence-electron chi connectivity index (χ4n) is 0.943. The number of hydrogen-bond acceptors (Lipinski definition) is 1. The van der Waals surface area contributed by atoms with Crippen molar-refractivity contribution in [2.75, 3.05) is 5.88 Å². The molecule has 4 heteroatoms. The van der Waals surface area contributed by atoms with E-state index in [0.29, 0.717) is 5.56 Å². The Morgan fingerprint density at radius 1 is 1.62 bits per heavy atom. The summed E-state index contributed by atoms with van der Waals surface area (Å²) in [4.78, 5) is 11.3. The number of hydrogen-bond donors (Lipinski definition) is 0. The highest BCUT2D eigenvalue weighted by molar-refractivity contribution is 14.1. The van der Waals surface area contributed by atoms with Gasteiger partial charge in [0.1, 0.15) is 0 Å². The summed E-state index contributed by atoms with van der Waals surface area (Å²) in [7, 11) is 0. The summed E-state index contributed by atoms with van der Waals surface area (Å²) >= 11 is 11.0. The molecule has 1 aromatic rings. The highest BCUT2D eigenvalue weighted by Gasteiger charge is 2.10. The van der Waals surface area contributed by atoms with Crippen LogP contribution in [0.25, 0.3) is 0 Å². The third-order valence-electron chi connectivity index (χ3n) is 1.67. The summed E-state index contributed by atoms with van der Waals surface area (Å²) in [6, 6.07) is 3.78. The van der Waals surface area contributed by atoms with Gasteiger partial charge in [0.15, 0.2) is 5.78 Å². The maximum atomic E-state index is 11.3. The maximum Gasteiger partial charge on any atom is 0.178 e. The second kappa shape index (κ2) is 4.75. The van der Waals surface area contributed by atoms with Crippen molar-refractivity contribution in [1.29, 1.82) is 0 Å². The zero-order chi connectivity index (χ0) is 10.0. The number of aryl methyl sites for hydroxylation is 1. The van der Waals surface area contributed by atoms with Gasteiger partial charge in [0.25, 0.3) is 0 Å². The Kier molecular flexibility index (Phi) is 4.19. The van der Waals surface area contributed by atoms with E-state index in [1.54, 1.807) is 0 Å². The predicted octanol–water partition coefficient (Wildman–Crippen LogP) is 3.78. The van der Waals surface area contributed by atoms with Crippen molar-refractivity contribution in [3.8, 4) is 0 Å². The van der Waals surface area contributed by atoms with Crippen LogP contribution in [0.2, 0.25) is 0 Å². The van der Waals surface area contributed by atoms with Crippen molar-refractivity contribution in [3.63, 3.8) is 0 Å².